The number of hydrogen-bond donors (Lipinski definition) is 2. The first-order valence-corrected chi connectivity index (χ1v) is 4.08. The van der Waals surface area contributed by atoms with Crippen LogP contribution < -0.4 is 0 Å². The maximum Gasteiger partial charge on any atom is 0.270 e. The third kappa shape index (κ3) is 1.26. The Kier molecular flexibility index (Phi) is 2.49. The van der Waals surface area contributed by atoms with Gasteiger partial charge in [0.1, 0.15) is 5.03 Å². The number of rotatable bonds is 1. The Labute approximate surface area is 75.1 Å². The van der Waals surface area contributed by atoms with E-state index in [1.807, 2.05) is 6.92 Å². The number of thiol groups is 2. The topological polar surface area (TPSA) is 18.1 Å². The second-order valence-corrected chi connectivity index (χ2v) is 2.92. The van der Waals surface area contributed by atoms with E-state index in [0.717, 1.165) is 6.54 Å². The highest BCUT2D eigenvalue weighted by Crippen LogP contribution is 2.20. The first-order chi connectivity index (χ1) is 4.66. The van der Waals surface area contributed by atoms with Gasteiger partial charge < -0.3 is 4.42 Å². The quantitative estimate of drug-likeness (QED) is 0.527. The number of oxazole rings is 1. The van der Waals surface area contributed by atoms with Crippen LogP contribution in [-0.4, -0.2) is 4.57 Å². The van der Waals surface area contributed by atoms with Crippen molar-refractivity contribution in [2.45, 2.75) is 23.6 Å². The van der Waals surface area contributed by atoms with Gasteiger partial charge in [0, 0.05) is 6.54 Å². The van der Waals surface area contributed by atoms with Crippen molar-refractivity contribution in [2.75, 3.05) is 0 Å². The smallest absolute Gasteiger partial charge is 0.270 e. The van der Waals surface area contributed by atoms with Gasteiger partial charge in [0.15, 0.2) is 5.09 Å². The fraction of sp³-hybridized carbons (Fsp3) is 0.400. The molecule has 0 aliphatic rings. The van der Waals surface area contributed by atoms with Crippen molar-refractivity contribution < 1.29 is 4.42 Å². The van der Waals surface area contributed by atoms with E-state index in [1.54, 1.807) is 4.57 Å². The van der Waals surface area contributed by atoms with Crippen molar-refractivity contribution in [3.05, 3.63) is 4.84 Å². The van der Waals surface area contributed by atoms with Gasteiger partial charge in [-0.2, -0.15) is 0 Å². The molecule has 1 aromatic rings. The molecule has 1 aromatic heterocycles. The van der Waals surface area contributed by atoms with Gasteiger partial charge in [0.25, 0.3) is 4.84 Å². The molecule has 0 spiro atoms. The first kappa shape index (κ1) is 8.23. The van der Waals surface area contributed by atoms with Gasteiger partial charge in [-0.25, -0.2) is 0 Å². The molecule has 1 heterocycles. The summed E-state index contributed by atoms with van der Waals surface area (Å²) in [6.07, 6.45) is 0. The van der Waals surface area contributed by atoms with Crippen molar-refractivity contribution in [1.29, 1.82) is 0 Å². The minimum Gasteiger partial charge on any atom is -0.422 e. The summed E-state index contributed by atoms with van der Waals surface area (Å²) in [5.74, 6) is 0. The largest absolute Gasteiger partial charge is 0.422 e. The van der Waals surface area contributed by atoms with Gasteiger partial charge >= 0.3 is 0 Å². The van der Waals surface area contributed by atoms with Crippen LogP contribution >= 0.6 is 37.5 Å². The van der Waals surface area contributed by atoms with E-state index in [0.29, 0.717) is 15.0 Å². The van der Waals surface area contributed by atoms with Crippen molar-refractivity contribution >= 4 is 37.5 Å². The summed E-state index contributed by atoms with van der Waals surface area (Å²) < 4.78 is 6.77. The van der Waals surface area contributed by atoms with Crippen LogP contribution in [0.2, 0.25) is 0 Å². The predicted molar refractivity (Wildman–Crippen MR) is 47.7 cm³/mol. The van der Waals surface area contributed by atoms with E-state index in [1.165, 1.54) is 0 Å². The molecule has 0 saturated heterocycles. The zero-order valence-electron chi connectivity index (χ0n) is 5.37. The molecule has 0 atom stereocenters. The van der Waals surface area contributed by atoms with Crippen molar-refractivity contribution in [3.63, 3.8) is 0 Å². The molecule has 0 saturated carbocycles. The Morgan fingerprint density at radius 1 is 1.60 bits per heavy atom. The van der Waals surface area contributed by atoms with Crippen LogP contribution in [0.4, 0.5) is 0 Å². The molecule has 1 rings (SSSR count). The summed E-state index contributed by atoms with van der Waals surface area (Å²) in [6, 6.07) is 0. The molecule has 5 heteroatoms. The van der Waals surface area contributed by atoms with E-state index in [-0.39, 0.29) is 0 Å². The lowest BCUT2D eigenvalue weighted by atomic mass is 10.7. The number of nitrogens with zero attached hydrogens (tertiary/aromatic N) is 1. The summed E-state index contributed by atoms with van der Waals surface area (Å²) in [4.78, 5) is 0.428. The molecular formula is C5H7NOS3. The van der Waals surface area contributed by atoms with Crippen LogP contribution in [0, 0.1) is 4.84 Å². The SMILES string of the molecule is CCn1c(S)c(S)oc1=S. The highest BCUT2D eigenvalue weighted by atomic mass is 32.1. The Hall–Kier alpha value is 0.130. The third-order valence-corrected chi connectivity index (χ3v) is 2.40. The molecule has 0 fully saturated rings. The maximum atomic E-state index is 5.00. The van der Waals surface area contributed by atoms with Crippen LogP contribution in [-0.2, 0) is 6.54 Å². The van der Waals surface area contributed by atoms with Crippen LogP contribution in [0.1, 0.15) is 6.92 Å². The summed E-state index contributed by atoms with van der Waals surface area (Å²) in [7, 11) is 0. The predicted octanol–water partition coefficient (Wildman–Crippen LogP) is 2.41. The van der Waals surface area contributed by atoms with Gasteiger partial charge in [-0.3, -0.25) is 4.57 Å². The van der Waals surface area contributed by atoms with E-state index in [2.05, 4.69) is 25.3 Å². The average molecular weight is 193 g/mol. The maximum absolute atomic E-state index is 5.00. The van der Waals surface area contributed by atoms with Crippen LogP contribution in [0.5, 0.6) is 0 Å². The Morgan fingerprint density at radius 2 is 2.20 bits per heavy atom. The Morgan fingerprint density at radius 3 is 2.40 bits per heavy atom. The minimum absolute atomic E-state index is 0.428. The zero-order valence-corrected chi connectivity index (χ0v) is 7.97. The molecule has 0 radical (unpaired) electrons. The molecule has 0 aliphatic carbocycles. The monoisotopic (exact) mass is 193 g/mol. The summed E-state index contributed by atoms with van der Waals surface area (Å²) in [5.41, 5.74) is 0. The number of aromatic nitrogens is 1. The molecule has 10 heavy (non-hydrogen) atoms. The van der Waals surface area contributed by atoms with Crippen molar-refractivity contribution in [2.24, 2.45) is 0 Å². The van der Waals surface area contributed by atoms with E-state index in [4.69, 9.17) is 16.6 Å². The number of hydrogen-bond acceptors (Lipinski definition) is 4. The van der Waals surface area contributed by atoms with Gasteiger partial charge in [-0.1, -0.05) is 0 Å². The minimum atomic E-state index is 0.428. The van der Waals surface area contributed by atoms with Crippen molar-refractivity contribution in [1.82, 2.24) is 4.57 Å². The molecule has 0 aliphatic heterocycles. The molecule has 2 nitrogen and oxygen atoms in total. The van der Waals surface area contributed by atoms with Crippen LogP contribution in [0.3, 0.4) is 0 Å². The Bertz CT molecular complexity index is 288. The van der Waals surface area contributed by atoms with Gasteiger partial charge in [0.2, 0.25) is 0 Å². The third-order valence-electron chi connectivity index (χ3n) is 1.17. The van der Waals surface area contributed by atoms with Gasteiger partial charge in [-0.15, -0.1) is 25.3 Å². The highest BCUT2D eigenvalue weighted by molar-refractivity contribution is 7.83. The fourth-order valence-corrected chi connectivity index (χ4v) is 1.58. The normalized spacial score (nSPS) is 10.3. The fourth-order valence-electron chi connectivity index (χ4n) is 0.664. The molecule has 56 valence electrons. The summed E-state index contributed by atoms with van der Waals surface area (Å²) in [6.45, 7) is 2.74. The van der Waals surface area contributed by atoms with Gasteiger partial charge in [0.05, 0.1) is 0 Å². The second-order valence-electron chi connectivity index (χ2n) is 1.74. The lowest BCUT2D eigenvalue weighted by Crippen LogP contribution is -1.92. The molecular weight excluding hydrogens is 186 g/mol. The van der Waals surface area contributed by atoms with Crippen LogP contribution in [0.15, 0.2) is 14.5 Å². The summed E-state index contributed by atoms with van der Waals surface area (Å²) >= 11 is 13.0. The van der Waals surface area contributed by atoms with Crippen molar-refractivity contribution in [3.8, 4) is 0 Å². The summed E-state index contributed by atoms with van der Waals surface area (Å²) in [5, 5.41) is 1.17. The molecule has 0 unspecified atom stereocenters. The molecule has 0 aromatic carbocycles. The average Bonchev–Trinajstić information content (AvgIpc) is 2.09. The van der Waals surface area contributed by atoms with E-state index >= 15 is 0 Å². The molecule has 0 bridgehead atoms. The van der Waals surface area contributed by atoms with E-state index < -0.39 is 0 Å². The second kappa shape index (κ2) is 3.02. The zero-order chi connectivity index (χ0) is 7.72. The first-order valence-electron chi connectivity index (χ1n) is 2.78. The lowest BCUT2D eigenvalue weighted by Gasteiger charge is -1.94. The lowest BCUT2D eigenvalue weighted by molar-refractivity contribution is 0.442. The molecule has 0 amide bonds. The standard InChI is InChI=1S/C5H7NOS3/c1-2-6-3(8)4(9)7-5(6)10/h8-9H,2H2,1H3. The molecule has 0 N–H and O–H groups in total. The van der Waals surface area contributed by atoms with Gasteiger partial charge in [-0.05, 0) is 19.1 Å². The van der Waals surface area contributed by atoms with E-state index in [9.17, 15) is 0 Å². The Balaban J connectivity index is 3.34. The highest BCUT2D eigenvalue weighted by Gasteiger charge is 2.04. The van der Waals surface area contributed by atoms with Crippen LogP contribution in [0.25, 0.3) is 0 Å².